The predicted octanol–water partition coefficient (Wildman–Crippen LogP) is 1.68. The molecule has 1 aliphatic heterocycles. The van der Waals surface area contributed by atoms with Crippen molar-refractivity contribution in [1.82, 2.24) is 10.2 Å². The van der Waals surface area contributed by atoms with Crippen LogP contribution in [-0.2, 0) is 0 Å². The summed E-state index contributed by atoms with van der Waals surface area (Å²) in [5.41, 5.74) is 0.978. The number of aliphatic hydroxyl groups is 1. The largest absolute Gasteiger partial charge is 0.491 e. The van der Waals surface area contributed by atoms with Crippen LogP contribution in [0.4, 0.5) is 0 Å². The summed E-state index contributed by atoms with van der Waals surface area (Å²) in [4.78, 5) is 2.29. The maximum atomic E-state index is 9.93. The molecule has 2 N–H and O–H groups in total. The van der Waals surface area contributed by atoms with Gasteiger partial charge in [0, 0.05) is 24.2 Å². The van der Waals surface area contributed by atoms with Crippen LogP contribution < -0.4 is 10.1 Å². The summed E-state index contributed by atoms with van der Waals surface area (Å²) >= 11 is 5.96. The molecule has 0 radical (unpaired) electrons. The van der Waals surface area contributed by atoms with Gasteiger partial charge in [-0.1, -0.05) is 11.6 Å². The lowest BCUT2D eigenvalue weighted by Crippen LogP contribution is -2.39. The molecule has 112 valence electrons. The number of likely N-dealkylation sites (tertiary alicyclic amines) is 1. The fourth-order valence-electron chi connectivity index (χ4n) is 2.36. The van der Waals surface area contributed by atoms with Gasteiger partial charge in [0.05, 0.1) is 0 Å². The van der Waals surface area contributed by atoms with Crippen molar-refractivity contribution >= 4 is 11.6 Å². The van der Waals surface area contributed by atoms with Crippen LogP contribution in [0.2, 0.25) is 5.02 Å². The van der Waals surface area contributed by atoms with Crippen LogP contribution in [0, 0.1) is 6.92 Å². The molecule has 1 fully saturated rings. The smallest absolute Gasteiger partial charge is 0.119 e. The SMILES string of the molecule is Cc1cc(OCC(O)CNC2CCN(C)C2)ccc1Cl. The highest BCUT2D eigenvalue weighted by Crippen LogP contribution is 2.21. The molecule has 2 rings (SSSR count). The van der Waals surface area contributed by atoms with E-state index in [4.69, 9.17) is 16.3 Å². The molecule has 20 heavy (non-hydrogen) atoms. The minimum Gasteiger partial charge on any atom is -0.491 e. The molecule has 2 unspecified atom stereocenters. The van der Waals surface area contributed by atoms with E-state index in [-0.39, 0.29) is 6.61 Å². The summed E-state index contributed by atoms with van der Waals surface area (Å²) in [6.07, 6.45) is 0.636. The summed E-state index contributed by atoms with van der Waals surface area (Å²) in [7, 11) is 2.12. The maximum absolute atomic E-state index is 9.93. The van der Waals surface area contributed by atoms with E-state index in [2.05, 4.69) is 17.3 Å². The van der Waals surface area contributed by atoms with Crippen molar-refractivity contribution in [3.63, 3.8) is 0 Å². The normalized spacial score (nSPS) is 21.1. The molecule has 5 heteroatoms. The zero-order valence-corrected chi connectivity index (χ0v) is 12.9. The first-order valence-electron chi connectivity index (χ1n) is 7.03. The molecule has 2 atom stereocenters. The Bertz CT molecular complexity index is 442. The second kappa shape index (κ2) is 7.27. The zero-order valence-electron chi connectivity index (χ0n) is 12.1. The summed E-state index contributed by atoms with van der Waals surface area (Å²) in [6.45, 7) is 4.95. The number of hydrogen-bond donors (Lipinski definition) is 2. The molecule has 1 saturated heterocycles. The van der Waals surface area contributed by atoms with E-state index in [0.29, 0.717) is 12.6 Å². The minimum atomic E-state index is -0.503. The lowest BCUT2D eigenvalue weighted by molar-refractivity contribution is 0.104. The molecular weight excluding hydrogens is 276 g/mol. The summed E-state index contributed by atoms with van der Waals surface area (Å²) in [5.74, 6) is 0.742. The molecule has 0 aliphatic carbocycles. The Kier molecular flexibility index (Phi) is 5.66. The van der Waals surface area contributed by atoms with Gasteiger partial charge in [-0.05, 0) is 50.7 Å². The second-order valence-corrected chi connectivity index (χ2v) is 5.94. The van der Waals surface area contributed by atoms with E-state index in [1.165, 1.54) is 0 Å². The van der Waals surface area contributed by atoms with Gasteiger partial charge in [0.15, 0.2) is 0 Å². The Balaban J connectivity index is 1.69. The molecule has 0 bridgehead atoms. The summed E-state index contributed by atoms with van der Waals surface area (Å²) in [6, 6.07) is 5.99. The van der Waals surface area contributed by atoms with Gasteiger partial charge in [0.25, 0.3) is 0 Å². The molecule has 4 nitrogen and oxygen atoms in total. The van der Waals surface area contributed by atoms with Crippen LogP contribution in [0.15, 0.2) is 18.2 Å². The Labute approximate surface area is 125 Å². The minimum absolute atomic E-state index is 0.288. The van der Waals surface area contributed by atoms with E-state index >= 15 is 0 Å². The topological polar surface area (TPSA) is 44.7 Å². The quantitative estimate of drug-likeness (QED) is 0.839. The third kappa shape index (κ3) is 4.63. The molecule has 1 aliphatic rings. The van der Waals surface area contributed by atoms with E-state index in [1.807, 2.05) is 25.1 Å². The van der Waals surface area contributed by atoms with Crippen molar-refractivity contribution < 1.29 is 9.84 Å². The van der Waals surface area contributed by atoms with Crippen LogP contribution in [0.5, 0.6) is 5.75 Å². The van der Waals surface area contributed by atoms with E-state index in [1.54, 1.807) is 0 Å². The van der Waals surface area contributed by atoms with Crippen LogP contribution in [0.25, 0.3) is 0 Å². The van der Waals surface area contributed by atoms with Crippen LogP contribution in [-0.4, -0.2) is 55.4 Å². The Morgan fingerprint density at radius 2 is 2.35 bits per heavy atom. The number of rotatable bonds is 6. The molecule has 0 aromatic heterocycles. The number of hydrogen-bond acceptors (Lipinski definition) is 4. The third-order valence-electron chi connectivity index (χ3n) is 3.61. The first-order chi connectivity index (χ1) is 9.54. The molecular formula is C15H23ClN2O2. The summed E-state index contributed by atoms with van der Waals surface area (Å²) < 4.78 is 5.58. The van der Waals surface area contributed by atoms with Crippen molar-refractivity contribution in [1.29, 1.82) is 0 Å². The standard InChI is InChI=1S/C15H23ClN2O2/c1-11-7-14(3-4-15(11)16)20-10-13(19)8-17-12-5-6-18(2)9-12/h3-4,7,12-13,17,19H,5-6,8-10H2,1-2H3. The number of benzene rings is 1. The third-order valence-corrected chi connectivity index (χ3v) is 4.03. The Morgan fingerprint density at radius 3 is 3.00 bits per heavy atom. The van der Waals surface area contributed by atoms with Gasteiger partial charge < -0.3 is 20.1 Å². The first-order valence-corrected chi connectivity index (χ1v) is 7.41. The first kappa shape index (κ1) is 15.6. The number of halogens is 1. The lowest BCUT2D eigenvalue weighted by atomic mass is 10.2. The van der Waals surface area contributed by atoms with Gasteiger partial charge >= 0.3 is 0 Å². The van der Waals surface area contributed by atoms with E-state index in [0.717, 1.165) is 35.8 Å². The van der Waals surface area contributed by atoms with Crippen molar-refractivity contribution in [3.8, 4) is 5.75 Å². The maximum Gasteiger partial charge on any atom is 0.119 e. The van der Waals surface area contributed by atoms with Gasteiger partial charge in [-0.3, -0.25) is 0 Å². The van der Waals surface area contributed by atoms with Gasteiger partial charge in [-0.25, -0.2) is 0 Å². The fourth-order valence-corrected chi connectivity index (χ4v) is 2.48. The number of ether oxygens (including phenoxy) is 1. The highest BCUT2D eigenvalue weighted by molar-refractivity contribution is 6.31. The van der Waals surface area contributed by atoms with Crippen molar-refractivity contribution in [2.45, 2.75) is 25.5 Å². The van der Waals surface area contributed by atoms with Gasteiger partial charge in [0.1, 0.15) is 18.5 Å². The highest BCUT2D eigenvalue weighted by atomic mass is 35.5. The lowest BCUT2D eigenvalue weighted by Gasteiger charge is -2.17. The molecule has 0 spiro atoms. The van der Waals surface area contributed by atoms with Crippen molar-refractivity contribution in [3.05, 3.63) is 28.8 Å². The number of aliphatic hydroxyl groups excluding tert-OH is 1. The van der Waals surface area contributed by atoms with Gasteiger partial charge in [-0.2, -0.15) is 0 Å². The molecule has 1 heterocycles. The monoisotopic (exact) mass is 298 g/mol. The van der Waals surface area contributed by atoms with Crippen LogP contribution in [0.1, 0.15) is 12.0 Å². The molecule has 1 aromatic rings. The van der Waals surface area contributed by atoms with Crippen LogP contribution in [0.3, 0.4) is 0 Å². The number of nitrogens with zero attached hydrogens (tertiary/aromatic N) is 1. The number of nitrogens with one attached hydrogen (secondary N) is 1. The average molecular weight is 299 g/mol. The van der Waals surface area contributed by atoms with Crippen molar-refractivity contribution in [2.75, 3.05) is 33.3 Å². The Hall–Kier alpha value is -0.810. The van der Waals surface area contributed by atoms with Gasteiger partial charge in [-0.15, -0.1) is 0 Å². The number of likely N-dealkylation sites (N-methyl/N-ethyl adjacent to an activating group) is 1. The fraction of sp³-hybridized carbons (Fsp3) is 0.600. The highest BCUT2D eigenvalue weighted by Gasteiger charge is 2.19. The average Bonchev–Trinajstić information content (AvgIpc) is 2.83. The van der Waals surface area contributed by atoms with Gasteiger partial charge in [0.2, 0.25) is 0 Å². The number of aryl methyl sites for hydroxylation is 1. The predicted molar refractivity (Wildman–Crippen MR) is 81.6 cm³/mol. The second-order valence-electron chi connectivity index (χ2n) is 5.53. The molecule has 0 amide bonds. The molecule has 1 aromatic carbocycles. The molecule has 0 saturated carbocycles. The van der Waals surface area contributed by atoms with Crippen LogP contribution >= 0.6 is 11.6 Å². The van der Waals surface area contributed by atoms with E-state index < -0.39 is 6.10 Å². The van der Waals surface area contributed by atoms with Crippen molar-refractivity contribution in [2.24, 2.45) is 0 Å². The Morgan fingerprint density at radius 1 is 1.55 bits per heavy atom. The summed E-state index contributed by atoms with van der Waals surface area (Å²) in [5, 5.41) is 14.0. The van der Waals surface area contributed by atoms with E-state index in [9.17, 15) is 5.11 Å². The zero-order chi connectivity index (χ0) is 14.5.